The topological polar surface area (TPSA) is 38.3 Å². The van der Waals surface area contributed by atoms with Crippen molar-refractivity contribution in [1.82, 2.24) is 5.32 Å². The van der Waals surface area contributed by atoms with E-state index in [0.717, 1.165) is 11.8 Å². The molecule has 0 aromatic carbocycles. The Morgan fingerprint density at radius 1 is 1.29 bits per heavy atom. The lowest BCUT2D eigenvalue weighted by Crippen LogP contribution is -2.29. The van der Waals surface area contributed by atoms with Gasteiger partial charge >= 0.3 is 0 Å². The van der Waals surface area contributed by atoms with Crippen LogP contribution in [0.5, 0.6) is 0 Å². The number of nitrogens with one attached hydrogen (secondary N) is 1. The summed E-state index contributed by atoms with van der Waals surface area (Å²) >= 11 is 0. The molecular formula is C14H25NO2. The molecule has 2 fully saturated rings. The van der Waals surface area contributed by atoms with E-state index in [4.69, 9.17) is 4.74 Å². The Kier molecular flexibility index (Phi) is 4.84. The SMILES string of the molecule is CCOCCC(=O)N[C@@H]1C[C@H]1C1CCCCC1. The molecule has 0 heterocycles. The van der Waals surface area contributed by atoms with Gasteiger partial charge in [-0.15, -0.1) is 0 Å². The molecule has 2 aliphatic carbocycles. The zero-order chi connectivity index (χ0) is 12.1. The number of amides is 1. The maximum absolute atomic E-state index is 11.6. The summed E-state index contributed by atoms with van der Waals surface area (Å²) in [5.74, 6) is 1.84. The first-order chi connectivity index (χ1) is 8.31. The Morgan fingerprint density at radius 2 is 2.06 bits per heavy atom. The van der Waals surface area contributed by atoms with E-state index in [0.29, 0.717) is 25.7 Å². The summed E-state index contributed by atoms with van der Waals surface area (Å²) in [6, 6.07) is 0.479. The molecule has 0 radical (unpaired) electrons. The van der Waals surface area contributed by atoms with Gasteiger partial charge in [-0.2, -0.15) is 0 Å². The van der Waals surface area contributed by atoms with E-state index < -0.39 is 0 Å². The van der Waals surface area contributed by atoms with Crippen molar-refractivity contribution in [3.63, 3.8) is 0 Å². The summed E-state index contributed by atoms with van der Waals surface area (Å²) in [5, 5.41) is 3.14. The van der Waals surface area contributed by atoms with Gasteiger partial charge in [-0.05, 0) is 25.2 Å². The Morgan fingerprint density at radius 3 is 2.76 bits per heavy atom. The molecule has 0 unspecified atom stereocenters. The van der Waals surface area contributed by atoms with Gasteiger partial charge in [-0.1, -0.05) is 32.1 Å². The van der Waals surface area contributed by atoms with Crippen LogP contribution in [0.3, 0.4) is 0 Å². The van der Waals surface area contributed by atoms with Crippen molar-refractivity contribution in [3.8, 4) is 0 Å². The molecule has 2 atom stereocenters. The van der Waals surface area contributed by atoms with Crippen LogP contribution in [0.4, 0.5) is 0 Å². The molecule has 3 heteroatoms. The van der Waals surface area contributed by atoms with Crippen molar-refractivity contribution in [1.29, 1.82) is 0 Å². The second-order valence-corrected chi connectivity index (χ2v) is 5.42. The molecule has 3 nitrogen and oxygen atoms in total. The van der Waals surface area contributed by atoms with Crippen molar-refractivity contribution < 1.29 is 9.53 Å². The van der Waals surface area contributed by atoms with E-state index in [1.165, 1.54) is 38.5 Å². The second-order valence-electron chi connectivity index (χ2n) is 5.42. The largest absolute Gasteiger partial charge is 0.381 e. The Balaban J connectivity index is 1.60. The predicted molar refractivity (Wildman–Crippen MR) is 67.7 cm³/mol. The van der Waals surface area contributed by atoms with Crippen LogP contribution in [-0.2, 0) is 9.53 Å². The quantitative estimate of drug-likeness (QED) is 0.723. The molecule has 2 rings (SSSR count). The molecule has 0 bridgehead atoms. The first kappa shape index (κ1) is 12.9. The third kappa shape index (κ3) is 3.98. The van der Waals surface area contributed by atoms with Gasteiger partial charge in [0.05, 0.1) is 6.61 Å². The van der Waals surface area contributed by atoms with Crippen molar-refractivity contribution in [3.05, 3.63) is 0 Å². The number of carbonyl (C=O) groups excluding carboxylic acids is 1. The average molecular weight is 239 g/mol. The number of ether oxygens (including phenoxy) is 1. The first-order valence-corrected chi connectivity index (χ1v) is 7.18. The van der Waals surface area contributed by atoms with Gasteiger partial charge < -0.3 is 10.1 Å². The molecule has 0 aromatic heterocycles. The van der Waals surface area contributed by atoms with Gasteiger partial charge in [0.2, 0.25) is 5.91 Å². The highest BCUT2D eigenvalue weighted by Crippen LogP contribution is 2.44. The molecule has 98 valence electrons. The Bertz CT molecular complexity index is 249. The molecule has 2 aliphatic rings. The van der Waals surface area contributed by atoms with Gasteiger partial charge in [-0.3, -0.25) is 4.79 Å². The highest BCUT2D eigenvalue weighted by atomic mass is 16.5. The molecule has 0 aromatic rings. The minimum atomic E-state index is 0.168. The third-order valence-electron chi connectivity index (χ3n) is 4.12. The normalized spacial score (nSPS) is 29.0. The van der Waals surface area contributed by atoms with Crippen LogP contribution >= 0.6 is 0 Å². The molecule has 2 saturated carbocycles. The number of hydrogen-bond donors (Lipinski definition) is 1. The lowest BCUT2D eigenvalue weighted by atomic mass is 9.85. The van der Waals surface area contributed by atoms with Crippen LogP contribution in [-0.4, -0.2) is 25.2 Å². The third-order valence-corrected chi connectivity index (χ3v) is 4.12. The van der Waals surface area contributed by atoms with Crippen LogP contribution in [0.1, 0.15) is 51.9 Å². The summed E-state index contributed by atoms with van der Waals surface area (Å²) in [6.45, 7) is 3.21. The van der Waals surface area contributed by atoms with Gasteiger partial charge in [0.25, 0.3) is 0 Å². The predicted octanol–water partition coefficient (Wildman–Crippen LogP) is 2.50. The van der Waals surface area contributed by atoms with Gasteiger partial charge in [0.1, 0.15) is 0 Å². The van der Waals surface area contributed by atoms with E-state index in [1.807, 2.05) is 6.92 Å². The van der Waals surface area contributed by atoms with Crippen LogP contribution < -0.4 is 5.32 Å². The van der Waals surface area contributed by atoms with Crippen LogP contribution in [0, 0.1) is 11.8 Å². The van der Waals surface area contributed by atoms with Crippen LogP contribution in [0.2, 0.25) is 0 Å². The van der Waals surface area contributed by atoms with Crippen molar-refractivity contribution in [2.45, 2.75) is 57.9 Å². The summed E-state index contributed by atoms with van der Waals surface area (Å²) < 4.78 is 5.19. The molecule has 0 saturated heterocycles. The van der Waals surface area contributed by atoms with E-state index in [9.17, 15) is 4.79 Å². The van der Waals surface area contributed by atoms with Crippen molar-refractivity contribution in [2.75, 3.05) is 13.2 Å². The first-order valence-electron chi connectivity index (χ1n) is 7.18. The smallest absolute Gasteiger partial charge is 0.222 e. The fourth-order valence-electron chi connectivity index (χ4n) is 3.05. The van der Waals surface area contributed by atoms with Crippen LogP contribution in [0.25, 0.3) is 0 Å². The highest BCUT2D eigenvalue weighted by Gasteiger charge is 2.43. The van der Waals surface area contributed by atoms with Crippen molar-refractivity contribution in [2.24, 2.45) is 11.8 Å². The fraction of sp³-hybridized carbons (Fsp3) is 0.929. The lowest BCUT2D eigenvalue weighted by Gasteiger charge is -2.21. The number of rotatable bonds is 6. The monoisotopic (exact) mass is 239 g/mol. The maximum Gasteiger partial charge on any atom is 0.222 e. The minimum Gasteiger partial charge on any atom is -0.381 e. The molecular weight excluding hydrogens is 214 g/mol. The Labute approximate surface area is 104 Å². The standard InChI is InChI=1S/C14H25NO2/c1-2-17-9-8-14(16)15-13-10-12(13)11-6-4-3-5-7-11/h11-13H,2-10H2,1H3,(H,15,16)/t12-,13+/m0/s1. The minimum absolute atomic E-state index is 0.168. The molecule has 0 spiro atoms. The van der Waals surface area contributed by atoms with Gasteiger partial charge in [0.15, 0.2) is 0 Å². The lowest BCUT2D eigenvalue weighted by molar-refractivity contribution is -0.122. The molecule has 1 amide bonds. The molecule has 0 aliphatic heterocycles. The highest BCUT2D eigenvalue weighted by molar-refractivity contribution is 5.76. The van der Waals surface area contributed by atoms with Crippen molar-refractivity contribution >= 4 is 5.91 Å². The average Bonchev–Trinajstić information content (AvgIpc) is 3.10. The zero-order valence-corrected chi connectivity index (χ0v) is 10.9. The summed E-state index contributed by atoms with van der Waals surface area (Å²) in [5.41, 5.74) is 0. The van der Waals surface area contributed by atoms with E-state index in [-0.39, 0.29) is 5.91 Å². The number of carbonyl (C=O) groups is 1. The van der Waals surface area contributed by atoms with E-state index in [2.05, 4.69) is 5.32 Å². The van der Waals surface area contributed by atoms with Crippen LogP contribution in [0.15, 0.2) is 0 Å². The molecule has 17 heavy (non-hydrogen) atoms. The zero-order valence-electron chi connectivity index (χ0n) is 10.9. The van der Waals surface area contributed by atoms with E-state index in [1.54, 1.807) is 0 Å². The van der Waals surface area contributed by atoms with Gasteiger partial charge in [-0.25, -0.2) is 0 Å². The Hall–Kier alpha value is -0.570. The summed E-state index contributed by atoms with van der Waals surface area (Å²) in [4.78, 5) is 11.6. The fourth-order valence-corrected chi connectivity index (χ4v) is 3.05. The summed E-state index contributed by atoms with van der Waals surface area (Å²) in [7, 11) is 0. The van der Waals surface area contributed by atoms with E-state index >= 15 is 0 Å². The number of hydrogen-bond acceptors (Lipinski definition) is 2. The second kappa shape index (κ2) is 6.39. The molecule has 1 N–H and O–H groups in total. The summed E-state index contributed by atoms with van der Waals surface area (Å²) in [6.07, 6.45) is 8.70. The van der Waals surface area contributed by atoms with Gasteiger partial charge in [0, 0.05) is 19.1 Å². The maximum atomic E-state index is 11.6.